The number of aliphatic hydroxyl groups is 1. The van der Waals surface area contributed by atoms with Gasteiger partial charge in [-0.2, -0.15) is 5.10 Å². The Bertz CT molecular complexity index is 950. The maximum atomic E-state index is 12.8. The first kappa shape index (κ1) is 16.5. The average molecular weight is 365 g/mol. The maximum absolute atomic E-state index is 12.8. The third-order valence-electron chi connectivity index (χ3n) is 6.04. The zero-order valence-corrected chi connectivity index (χ0v) is 15.1. The quantitative estimate of drug-likeness (QED) is 0.765. The molecule has 2 bridgehead atoms. The van der Waals surface area contributed by atoms with Crippen LogP contribution < -0.4 is 0 Å². The monoisotopic (exact) mass is 365 g/mol. The van der Waals surface area contributed by atoms with Gasteiger partial charge in [-0.25, -0.2) is 0 Å². The highest BCUT2D eigenvalue weighted by atomic mass is 16.3. The molecule has 3 aromatic heterocycles. The molecule has 7 heteroatoms. The second-order valence-corrected chi connectivity index (χ2v) is 7.90. The van der Waals surface area contributed by atoms with E-state index in [4.69, 9.17) is 0 Å². The minimum Gasteiger partial charge on any atom is -0.388 e. The molecule has 2 saturated heterocycles. The van der Waals surface area contributed by atoms with Crippen LogP contribution >= 0.6 is 0 Å². The van der Waals surface area contributed by atoms with Gasteiger partial charge < -0.3 is 14.6 Å². The Labute approximate surface area is 157 Å². The molecule has 0 saturated carbocycles. The van der Waals surface area contributed by atoms with Gasteiger partial charge in [0, 0.05) is 42.3 Å². The number of fused-ring (bicyclic) bond motifs is 3. The van der Waals surface area contributed by atoms with E-state index in [2.05, 4.69) is 20.7 Å². The van der Waals surface area contributed by atoms with E-state index in [1.165, 1.54) is 0 Å². The van der Waals surface area contributed by atoms with E-state index in [0.29, 0.717) is 19.4 Å². The molecule has 0 radical (unpaired) electrons. The molecule has 2 aliphatic heterocycles. The van der Waals surface area contributed by atoms with Gasteiger partial charge in [-0.3, -0.25) is 14.5 Å². The highest BCUT2D eigenvalue weighted by molar-refractivity contribution is 5.79. The molecule has 0 aromatic carbocycles. The van der Waals surface area contributed by atoms with Crippen molar-refractivity contribution in [3.05, 3.63) is 49.2 Å². The van der Waals surface area contributed by atoms with Gasteiger partial charge in [-0.05, 0) is 43.9 Å². The van der Waals surface area contributed by atoms with Crippen LogP contribution in [0.25, 0.3) is 10.9 Å². The number of carbonyl (C=O) groups is 1. The van der Waals surface area contributed by atoms with Crippen LogP contribution in [0.1, 0.15) is 25.7 Å². The lowest BCUT2D eigenvalue weighted by Gasteiger charge is -2.44. The van der Waals surface area contributed by atoms with Gasteiger partial charge in [0.05, 0.1) is 23.9 Å². The highest BCUT2D eigenvalue weighted by Gasteiger charge is 2.49. The Morgan fingerprint density at radius 2 is 2.00 bits per heavy atom. The molecule has 7 nitrogen and oxygen atoms in total. The van der Waals surface area contributed by atoms with Gasteiger partial charge in [0.1, 0.15) is 6.54 Å². The summed E-state index contributed by atoms with van der Waals surface area (Å²) in [6.45, 7) is 0.808. The molecule has 0 unspecified atom stereocenters. The van der Waals surface area contributed by atoms with Gasteiger partial charge in [0.2, 0.25) is 5.91 Å². The Morgan fingerprint density at radius 3 is 2.74 bits per heavy atom. The summed E-state index contributed by atoms with van der Waals surface area (Å²) in [4.78, 5) is 19.0. The lowest BCUT2D eigenvalue weighted by atomic mass is 9.85. The second kappa shape index (κ2) is 6.20. The molecular weight excluding hydrogens is 342 g/mol. The van der Waals surface area contributed by atoms with Crippen LogP contribution in [0, 0.1) is 0 Å². The topological polar surface area (TPSA) is 76.2 Å². The first-order valence-corrected chi connectivity index (χ1v) is 9.51. The van der Waals surface area contributed by atoms with E-state index in [9.17, 15) is 9.90 Å². The molecule has 5 rings (SSSR count). The van der Waals surface area contributed by atoms with Crippen molar-refractivity contribution in [2.75, 3.05) is 0 Å². The number of hydrogen-bond donors (Lipinski definition) is 1. The van der Waals surface area contributed by atoms with Gasteiger partial charge in [-0.1, -0.05) is 0 Å². The molecule has 0 aliphatic carbocycles. The number of amides is 1. The van der Waals surface area contributed by atoms with E-state index in [1.807, 2.05) is 35.6 Å². The lowest BCUT2D eigenvalue weighted by Crippen LogP contribution is -2.55. The summed E-state index contributed by atoms with van der Waals surface area (Å²) >= 11 is 0. The van der Waals surface area contributed by atoms with Crippen molar-refractivity contribution in [2.45, 2.75) is 56.5 Å². The fraction of sp³-hybridized carbons (Fsp3) is 0.450. The highest BCUT2D eigenvalue weighted by Crippen LogP contribution is 2.42. The molecule has 2 atom stereocenters. The average Bonchev–Trinajstić information content (AvgIpc) is 3.35. The Hall–Kier alpha value is -2.67. The van der Waals surface area contributed by atoms with Crippen LogP contribution in [0.4, 0.5) is 0 Å². The predicted octanol–water partition coefficient (Wildman–Crippen LogP) is 1.82. The zero-order valence-electron chi connectivity index (χ0n) is 15.1. The fourth-order valence-electron chi connectivity index (χ4n) is 4.96. The molecule has 2 aliphatic rings. The van der Waals surface area contributed by atoms with Crippen LogP contribution in [0.15, 0.2) is 49.2 Å². The van der Waals surface area contributed by atoms with Crippen LogP contribution in [0.3, 0.4) is 0 Å². The zero-order chi connectivity index (χ0) is 18.4. The van der Waals surface area contributed by atoms with E-state index in [0.717, 1.165) is 23.7 Å². The predicted molar refractivity (Wildman–Crippen MR) is 99.8 cm³/mol. The molecule has 1 N–H and O–H groups in total. The van der Waals surface area contributed by atoms with Crippen LogP contribution in [-0.2, 0) is 17.9 Å². The maximum Gasteiger partial charge on any atom is 0.244 e. The van der Waals surface area contributed by atoms with Crippen LogP contribution in [-0.4, -0.2) is 52.9 Å². The summed E-state index contributed by atoms with van der Waals surface area (Å²) in [7, 11) is 0. The van der Waals surface area contributed by atoms with Crippen molar-refractivity contribution in [3.8, 4) is 0 Å². The second-order valence-electron chi connectivity index (χ2n) is 7.90. The largest absolute Gasteiger partial charge is 0.388 e. The standard InChI is InChI=1S/C20H23N5O2/c26-19(13-24-8-1-6-22-24)25-16-2-3-17(25)11-20(27,10-16)14-23-9-5-15-4-7-21-12-18(15)23/h1,4-9,12,16-17,27H,2-3,10-11,13-14H2/t16-,17-/m0/s1. The number of aromatic nitrogens is 4. The van der Waals surface area contributed by atoms with E-state index in [-0.39, 0.29) is 24.5 Å². The summed E-state index contributed by atoms with van der Waals surface area (Å²) in [6, 6.07) is 6.08. The van der Waals surface area contributed by atoms with Gasteiger partial charge >= 0.3 is 0 Å². The number of rotatable bonds is 4. The van der Waals surface area contributed by atoms with Gasteiger partial charge in [0.25, 0.3) is 0 Å². The first-order chi connectivity index (χ1) is 13.1. The summed E-state index contributed by atoms with van der Waals surface area (Å²) in [6.07, 6.45) is 12.3. The molecule has 0 spiro atoms. The molecule has 27 heavy (non-hydrogen) atoms. The number of piperidine rings is 1. The number of hydrogen-bond acceptors (Lipinski definition) is 4. The molecule has 2 fully saturated rings. The number of carbonyl (C=O) groups excluding carboxylic acids is 1. The third kappa shape index (κ3) is 2.92. The number of nitrogens with zero attached hydrogens (tertiary/aromatic N) is 5. The molecule has 1 amide bonds. The fourth-order valence-corrected chi connectivity index (χ4v) is 4.96. The van der Waals surface area contributed by atoms with Gasteiger partial charge in [-0.15, -0.1) is 0 Å². The smallest absolute Gasteiger partial charge is 0.244 e. The third-order valence-corrected chi connectivity index (χ3v) is 6.04. The lowest BCUT2D eigenvalue weighted by molar-refractivity contribution is -0.142. The van der Waals surface area contributed by atoms with E-state index in [1.54, 1.807) is 17.1 Å². The first-order valence-electron chi connectivity index (χ1n) is 9.51. The van der Waals surface area contributed by atoms with Crippen molar-refractivity contribution in [3.63, 3.8) is 0 Å². The Morgan fingerprint density at radius 1 is 1.19 bits per heavy atom. The molecular formula is C20H23N5O2. The van der Waals surface area contributed by atoms with Crippen LogP contribution in [0.5, 0.6) is 0 Å². The summed E-state index contributed by atoms with van der Waals surface area (Å²) in [5.74, 6) is 0.101. The normalized spacial score (nSPS) is 27.4. The van der Waals surface area contributed by atoms with Crippen LogP contribution in [0.2, 0.25) is 0 Å². The van der Waals surface area contributed by atoms with Crippen molar-refractivity contribution in [1.29, 1.82) is 0 Å². The SMILES string of the molecule is O=C(Cn1cccn1)N1[C@H]2CC[C@H]1CC(O)(Cn1ccc3ccncc31)C2. The Kier molecular flexibility index (Phi) is 3.79. The summed E-state index contributed by atoms with van der Waals surface area (Å²) in [5, 5.41) is 16.6. The minimum absolute atomic E-state index is 0.101. The van der Waals surface area contributed by atoms with Crippen molar-refractivity contribution >= 4 is 16.8 Å². The molecule has 5 heterocycles. The Balaban J connectivity index is 1.33. The minimum atomic E-state index is -0.796. The molecule has 3 aromatic rings. The van der Waals surface area contributed by atoms with Crippen molar-refractivity contribution < 1.29 is 9.90 Å². The van der Waals surface area contributed by atoms with Crippen molar-refractivity contribution in [1.82, 2.24) is 24.2 Å². The molecule has 140 valence electrons. The summed E-state index contributed by atoms with van der Waals surface area (Å²) in [5.41, 5.74) is 0.242. The van der Waals surface area contributed by atoms with Crippen molar-refractivity contribution in [2.24, 2.45) is 0 Å². The van der Waals surface area contributed by atoms with E-state index < -0.39 is 5.60 Å². The number of pyridine rings is 1. The summed E-state index contributed by atoms with van der Waals surface area (Å²) < 4.78 is 3.75. The van der Waals surface area contributed by atoms with Gasteiger partial charge in [0.15, 0.2) is 0 Å². The van der Waals surface area contributed by atoms with E-state index >= 15 is 0 Å².